The zero-order valence-corrected chi connectivity index (χ0v) is 14.5. The van der Waals surface area contributed by atoms with Gasteiger partial charge in [0.2, 0.25) is 5.89 Å². The van der Waals surface area contributed by atoms with Crippen molar-refractivity contribution in [1.82, 2.24) is 14.9 Å². The summed E-state index contributed by atoms with van der Waals surface area (Å²) in [6.07, 6.45) is 3.42. The number of carbonyl (C=O) groups excluding carboxylic acids is 2. The number of alkyl halides is 2. The lowest BCUT2D eigenvalue weighted by molar-refractivity contribution is -0.328. The number of hydroxylamine groups is 2. The smallest absolute Gasteiger partial charge is 0.456 e. The molecule has 3 aliphatic rings. The predicted octanol–water partition coefficient (Wildman–Crippen LogP) is 2.58. The largest absolute Gasteiger partial charge is 0.477 e. The van der Waals surface area contributed by atoms with Crippen molar-refractivity contribution >= 4 is 17.6 Å². The predicted molar refractivity (Wildman–Crippen MR) is 86.1 cm³/mol. The molecule has 146 valence electrons. The summed E-state index contributed by atoms with van der Waals surface area (Å²) in [6, 6.07) is -1.52. The molecule has 1 unspecified atom stereocenters. The molecular formula is C17H19F2N3O5. The number of rotatable bonds is 5. The van der Waals surface area contributed by atoms with Gasteiger partial charge in [-0.2, -0.15) is 18.7 Å². The van der Waals surface area contributed by atoms with E-state index >= 15 is 0 Å². The van der Waals surface area contributed by atoms with Gasteiger partial charge in [0, 0.05) is 12.1 Å². The highest BCUT2D eigenvalue weighted by molar-refractivity contribution is 5.82. The van der Waals surface area contributed by atoms with E-state index in [4.69, 9.17) is 9.15 Å². The SMILES string of the molecule is O=C1N2CC(c3ncco3)=CC(C2)N1OC(F)(F)C(=O)OC1CCCCC1. The Kier molecular flexibility index (Phi) is 4.58. The minimum atomic E-state index is -4.25. The molecule has 0 spiro atoms. The lowest BCUT2D eigenvalue weighted by Crippen LogP contribution is -2.45. The maximum absolute atomic E-state index is 14.3. The zero-order chi connectivity index (χ0) is 19.0. The average molecular weight is 383 g/mol. The first kappa shape index (κ1) is 17.9. The van der Waals surface area contributed by atoms with Crippen LogP contribution in [0.5, 0.6) is 0 Å². The van der Waals surface area contributed by atoms with Gasteiger partial charge in [0.15, 0.2) is 0 Å². The van der Waals surface area contributed by atoms with Crippen LogP contribution in [0.4, 0.5) is 13.6 Å². The Labute approximate surface area is 153 Å². The molecule has 1 atom stereocenters. The molecule has 27 heavy (non-hydrogen) atoms. The third kappa shape index (κ3) is 3.53. The number of amides is 2. The van der Waals surface area contributed by atoms with Crippen LogP contribution in [0.3, 0.4) is 0 Å². The molecule has 0 aromatic carbocycles. The third-order valence-electron chi connectivity index (χ3n) is 4.91. The summed E-state index contributed by atoms with van der Waals surface area (Å²) in [7, 11) is 0. The molecule has 2 aliphatic heterocycles. The van der Waals surface area contributed by atoms with Gasteiger partial charge in [-0.25, -0.2) is 14.6 Å². The number of carbonyl (C=O) groups is 2. The van der Waals surface area contributed by atoms with Crippen molar-refractivity contribution < 1.29 is 32.4 Å². The minimum Gasteiger partial charge on any atom is -0.456 e. The highest BCUT2D eigenvalue weighted by atomic mass is 19.3. The van der Waals surface area contributed by atoms with Crippen LogP contribution >= 0.6 is 0 Å². The Balaban J connectivity index is 1.44. The van der Waals surface area contributed by atoms with E-state index in [-0.39, 0.29) is 13.1 Å². The number of urea groups is 1. The molecule has 4 rings (SSSR count). The van der Waals surface area contributed by atoms with Crippen molar-refractivity contribution in [2.75, 3.05) is 13.1 Å². The normalized spacial score (nSPS) is 23.6. The molecule has 1 saturated heterocycles. The van der Waals surface area contributed by atoms with E-state index in [1.807, 2.05) is 0 Å². The fraction of sp³-hybridized carbons (Fsp3) is 0.588. The molecule has 1 saturated carbocycles. The average Bonchev–Trinajstić information content (AvgIpc) is 3.26. The first-order chi connectivity index (χ1) is 12.9. The van der Waals surface area contributed by atoms with E-state index in [1.54, 1.807) is 6.08 Å². The van der Waals surface area contributed by atoms with E-state index in [9.17, 15) is 18.4 Å². The second kappa shape index (κ2) is 6.91. The van der Waals surface area contributed by atoms with Gasteiger partial charge in [0.1, 0.15) is 12.4 Å². The maximum atomic E-state index is 14.3. The van der Waals surface area contributed by atoms with Gasteiger partial charge in [0.25, 0.3) is 0 Å². The van der Waals surface area contributed by atoms with Crippen molar-refractivity contribution in [3.63, 3.8) is 0 Å². The van der Waals surface area contributed by atoms with Gasteiger partial charge in [0.05, 0.1) is 18.8 Å². The summed E-state index contributed by atoms with van der Waals surface area (Å²) in [5.74, 6) is -1.46. The first-order valence-corrected chi connectivity index (χ1v) is 8.91. The standard InChI is InChI=1S/C17H19F2N3O5/c18-17(19,15(23)26-13-4-2-1-3-5-13)27-22-12-8-11(14-20-6-7-25-14)9-21(10-12)16(22)24/h6-8,12-13H,1-5,9-10H2. The molecule has 0 radical (unpaired) electrons. The number of hydrogen-bond acceptors (Lipinski definition) is 6. The second-order valence-corrected chi connectivity index (χ2v) is 6.86. The summed E-state index contributed by atoms with van der Waals surface area (Å²) >= 11 is 0. The fourth-order valence-corrected chi connectivity index (χ4v) is 3.59. The second-order valence-electron chi connectivity index (χ2n) is 6.86. The number of esters is 1. The van der Waals surface area contributed by atoms with Crippen molar-refractivity contribution in [2.45, 2.75) is 50.4 Å². The van der Waals surface area contributed by atoms with E-state index in [1.165, 1.54) is 17.4 Å². The molecule has 10 heteroatoms. The number of oxazole rings is 1. The molecule has 0 N–H and O–H groups in total. The fourth-order valence-electron chi connectivity index (χ4n) is 3.59. The van der Waals surface area contributed by atoms with Crippen LogP contribution in [0.1, 0.15) is 38.0 Å². The molecule has 1 aromatic rings. The number of fused-ring (bicyclic) bond motifs is 2. The third-order valence-corrected chi connectivity index (χ3v) is 4.91. The number of hydrogen-bond donors (Lipinski definition) is 0. The molecule has 2 fully saturated rings. The number of nitrogens with zero attached hydrogens (tertiary/aromatic N) is 3. The summed E-state index contributed by atoms with van der Waals surface area (Å²) < 4.78 is 38.6. The Morgan fingerprint density at radius 3 is 2.78 bits per heavy atom. The summed E-state index contributed by atoms with van der Waals surface area (Å²) in [4.78, 5) is 34.1. The Morgan fingerprint density at radius 1 is 1.30 bits per heavy atom. The van der Waals surface area contributed by atoms with Gasteiger partial charge in [-0.05, 0) is 31.8 Å². The van der Waals surface area contributed by atoms with Crippen LogP contribution < -0.4 is 0 Å². The van der Waals surface area contributed by atoms with Crippen LogP contribution in [0.2, 0.25) is 0 Å². The highest BCUT2D eigenvalue weighted by Gasteiger charge is 2.52. The maximum Gasteiger partial charge on any atom is 0.477 e. The van der Waals surface area contributed by atoms with Crippen LogP contribution in [-0.2, 0) is 14.4 Å². The van der Waals surface area contributed by atoms with Crippen molar-refractivity contribution in [3.8, 4) is 0 Å². The first-order valence-electron chi connectivity index (χ1n) is 8.91. The van der Waals surface area contributed by atoms with Crippen LogP contribution in [0.25, 0.3) is 5.57 Å². The van der Waals surface area contributed by atoms with E-state index < -0.39 is 30.3 Å². The van der Waals surface area contributed by atoms with Crippen LogP contribution in [0, 0.1) is 0 Å². The monoisotopic (exact) mass is 383 g/mol. The summed E-state index contributed by atoms with van der Waals surface area (Å²) in [5, 5.41) is 0.526. The number of ether oxygens (including phenoxy) is 1. The lowest BCUT2D eigenvalue weighted by Gasteiger charge is -2.27. The number of halogens is 2. The Morgan fingerprint density at radius 2 is 2.07 bits per heavy atom. The Hall–Kier alpha value is -2.49. The van der Waals surface area contributed by atoms with Crippen LogP contribution in [-0.4, -0.2) is 58.3 Å². The van der Waals surface area contributed by atoms with E-state index in [0.29, 0.717) is 29.4 Å². The molecular weight excluding hydrogens is 364 g/mol. The highest BCUT2D eigenvalue weighted by Crippen LogP contribution is 2.33. The summed E-state index contributed by atoms with van der Waals surface area (Å²) in [5.41, 5.74) is 0.587. The molecule has 1 aromatic heterocycles. The van der Waals surface area contributed by atoms with Crippen LogP contribution in [0.15, 0.2) is 23.0 Å². The Bertz CT molecular complexity index is 746. The van der Waals surface area contributed by atoms with Gasteiger partial charge in [-0.1, -0.05) is 6.42 Å². The molecule has 2 bridgehead atoms. The quantitative estimate of drug-likeness (QED) is 0.727. The summed E-state index contributed by atoms with van der Waals surface area (Å²) in [6.45, 7) is 0.338. The molecule has 3 heterocycles. The molecule has 2 amide bonds. The van der Waals surface area contributed by atoms with Crippen molar-refractivity contribution in [3.05, 3.63) is 24.4 Å². The van der Waals surface area contributed by atoms with Gasteiger partial charge in [-0.3, -0.25) is 0 Å². The van der Waals surface area contributed by atoms with Crippen molar-refractivity contribution in [2.24, 2.45) is 0 Å². The molecule has 1 aliphatic carbocycles. The molecule has 8 nitrogen and oxygen atoms in total. The van der Waals surface area contributed by atoms with E-state index in [0.717, 1.165) is 19.3 Å². The van der Waals surface area contributed by atoms with Gasteiger partial charge >= 0.3 is 18.1 Å². The van der Waals surface area contributed by atoms with Crippen molar-refractivity contribution in [1.29, 1.82) is 0 Å². The minimum absolute atomic E-state index is 0.161. The van der Waals surface area contributed by atoms with Gasteiger partial charge in [-0.15, -0.1) is 0 Å². The van der Waals surface area contributed by atoms with E-state index in [2.05, 4.69) is 9.82 Å². The van der Waals surface area contributed by atoms with Gasteiger partial charge < -0.3 is 14.1 Å². The zero-order valence-electron chi connectivity index (χ0n) is 14.5. The topological polar surface area (TPSA) is 85.1 Å². The number of aromatic nitrogens is 1. The lowest BCUT2D eigenvalue weighted by atomic mass is 9.98.